The van der Waals surface area contributed by atoms with Crippen molar-refractivity contribution in [1.29, 1.82) is 0 Å². The Labute approximate surface area is 78.9 Å². The molecule has 0 aliphatic heterocycles. The third-order valence-electron chi connectivity index (χ3n) is 2.46. The monoisotopic (exact) mass is 205 g/mol. The number of aromatic nitrogens is 2. The number of alkyl halides is 3. The van der Waals surface area contributed by atoms with E-state index in [1.807, 2.05) is 0 Å². The van der Waals surface area contributed by atoms with E-state index in [0.717, 1.165) is 0 Å². The molecule has 0 amide bonds. The van der Waals surface area contributed by atoms with Gasteiger partial charge in [-0.05, 0) is 12.8 Å². The zero-order chi connectivity index (χ0) is 10.4. The molecule has 1 aliphatic carbocycles. The third kappa shape index (κ3) is 1.34. The van der Waals surface area contributed by atoms with E-state index < -0.39 is 11.7 Å². The molecule has 1 saturated carbocycles. The minimum absolute atomic E-state index is 0.128. The van der Waals surface area contributed by atoms with Gasteiger partial charge < -0.3 is 9.88 Å². The number of anilines is 1. The summed E-state index contributed by atoms with van der Waals surface area (Å²) in [6.07, 6.45) is -0.866. The Kier molecular flexibility index (Phi) is 1.77. The summed E-state index contributed by atoms with van der Waals surface area (Å²) in [7, 11) is 1.65. The maximum Gasteiger partial charge on any atom is 0.411 e. The fraction of sp³-hybridized carbons (Fsp3) is 0.625. The molecule has 0 saturated heterocycles. The fourth-order valence-electron chi connectivity index (χ4n) is 1.30. The fourth-order valence-corrected chi connectivity index (χ4v) is 1.30. The number of rotatable bonds is 2. The number of nitrogens with zero attached hydrogens (tertiary/aromatic N) is 2. The molecule has 3 nitrogen and oxygen atoms in total. The van der Waals surface area contributed by atoms with Gasteiger partial charge in [-0.3, -0.25) is 0 Å². The summed E-state index contributed by atoms with van der Waals surface area (Å²) < 4.78 is 39.1. The van der Waals surface area contributed by atoms with Crippen LogP contribution in [-0.2, 0) is 7.05 Å². The summed E-state index contributed by atoms with van der Waals surface area (Å²) in [4.78, 5) is 3.81. The first kappa shape index (κ1) is 9.36. The average molecular weight is 205 g/mol. The number of aryl methyl sites for hydroxylation is 1. The molecule has 1 heterocycles. The molecule has 78 valence electrons. The van der Waals surface area contributed by atoms with E-state index in [0.29, 0.717) is 0 Å². The number of halogens is 3. The lowest BCUT2D eigenvalue weighted by atomic mass is 10.3. The van der Waals surface area contributed by atoms with E-state index in [2.05, 4.69) is 10.3 Å². The highest BCUT2D eigenvalue weighted by Gasteiger charge is 2.64. The van der Waals surface area contributed by atoms with E-state index in [9.17, 15) is 13.2 Å². The molecular weight excluding hydrogens is 195 g/mol. The van der Waals surface area contributed by atoms with Gasteiger partial charge in [0.05, 0.1) is 0 Å². The Morgan fingerprint density at radius 1 is 1.50 bits per heavy atom. The summed E-state index contributed by atoms with van der Waals surface area (Å²) in [5.74, 6) is 0.264. The van der Waals surface area contributed by atoms with Crippen LogP contribution < -0.4 is 5.32 Å². The number of nitrogens with one attached hydrogen (secondary N) is 1. The lowest BCUT2D eigenvalue weighted by molar-refractivity contribution is -0.151. The van der Waals surface area contributed by atoms with Gasteiger partial charge >= 0.3 is 6.18 Å². The molecular formula is C8H10F3N3. The number of imidazole rings is 1. The lowest BCUT2D eigenvalue weighted by Crippen LogP contribution is -2.39. The van der Waals surface area contributed by atoms with Crippen LogP contribution in [0.1, 0.15) is 12.8 Å². The predicted octanol–water partition coefficient (Wildman–Crippen LogP) is 1.93. The van der Waals surface area contributed by atoms with Crippen molar-refractivity contribution < 1.29 is 13.2 Å². The Balaban J connectivity index is 2.16. The topological polar surface area (TPSA) is 29.9 Å². The first-order valence-electron chi connectivity index (χ1n) is 4.27. The standard InChI is InChI=1S/C8H10F3N3/c1-14-5-4-12-6(14)13-7(2-3-7)8(9,10)11/h4-5H,2-3H2,1H3,(H,12,13). The maximum atomic E-state index is 12.5. The normalized spacial score (nSPS) is 19.4. The average Bonchev–Trinajstić information content (AvgIpc) is 2.73. The van der Waals surface area contributed by atoms with Gasteiger partial charge in [0.15, 0.2) is 0 Å². The van der Waals surface area contributed by atoms with Crippen LogP contribution in [0.2, 0.25) is 0 Å². The van der Waals surface area contributed by atoms with Crippen molar-refractivity contribution in [2.75, 3.05) is 5.32 Å². The van der Waals surface area contributed by atoms with Crippen molar-refractivity contribution in [2.24, 2.45) is 7.05 Å². The second-order valence-corrected chi connectivity index (χ2v) is 3.57. The van der Waals surface area contributed by atoms with Crippen LogP contribution in [-0.4, -0.2) is 21.3 Å². The maximum absolute atomic E-state index is 12.5. The quantitative estimate of drug-likeness (QED) is 0.799. The molecule has 0 unspecified atom stereocenters. The van der Waals surface area contributed by atoms with Gasteiger partial charge in [0.1, 0.15) is 5.54 Å². The molecule has 14 heavy (non-hydrogen) atoms. The summed E-state index contributed by atoms with van der Waals surface area (Å²) in [6.45, 7) is 0. The first-order chi connectivity index (χ1) is 6.45. The van der Waals surface area contributed by atoms with Crippen molar-refractivity contribution in [2.45, 2.75) is 24.6 Å². The summed E-state index contributed by atoms with van der Waals surface area (Å²) in [5.41, 5.74) is -1.73. The Hall–Kier alpha value is -1.20. The molecule has 2 rings (SSSR count). The summed E-state index contributed by atoms with van der Waals surface area (Å²) >= 11 is 0. The van der Waals surface area contributed by atoms with Crippen LogP contribution in [0.3, 0.4) is 0 Å². The van der Waals surface area contributed by atoms with Crippen LogP contribution in [0.25, 0.3) is 0 Å². The van der Waals surface area contributed by atoms with Crippen LogP contribution >= 0.6 is 0 Å². The van der Waals surface area contributed by atoms with Gasteiger partial charge in [0.2, 0.25) is 5.95 Å². The third-order valence-corrected chi connectivity index (χ3v) is 2.46. The molecule has 1 N–H and O–H groups in total. The Morgan fingerprint density at radius 2 is 2.14 bits per heavy atom. The van der Waals surface area contributed by atoms with Gasteiger partial charge in [0, 0.05) is 19.4 Å². The van der Waals surface area contributed by atoms with Crippen LogP contribution in [0.4, 0.5) is 19.1 Å². The van der Waals surface area contributed by atoms with Gasteiger partial charge in [-0.25, -0.2) is 4.98 Å². The Morgan fingerprint density at radius 3 is 2.50 bits per heavy atom. The predicted molar refractivity (Wildman–Crippen MR) is 44.9 cm³/mol. The second-order valence-electron chi connectivity index (χ2n) is 3.57. The zero-order valence-electron chi connectivity index (χ0n) is 7.60. The minimum atomic E-state index is -4.20. The van der Waals surface area contributed by atoms with E-state index >= 15 is 0 Å². The highest BCUT2D eigenvalue weighted by molar-refractivity contribution is 5.36. The summed E-state index contributed by atoms with van der Waals surface area (Å²) in [6, 6.07) is 0. The van der Waals surface area contributed by atoms with E-state index in [1.165, 1.54) is 10.8 Å². The molecule has 6 heteroatoms. The van der Waals surface area contributed by atoms with Crippen molar-refractivity contribution in [1.82, 2.24) is 9.55 Å². The molecule has 0 bridgehead atoms. The van der Waals surface area contributed by atoms with E-state index in [4.69, 9.17) is 0 Å². The molecule has 0 atom stereocenters. The molecule has 0 spiro atoms. The van der Waals surface area contributed by atoms with Crippen molar-refractivity contribution in [3.63, 3.8) is 0 Å². The second kappa shape index (κ2) is 2.65. The number of hydrogen-bond donors (Lipinski definition) is 1. The highest BCUT2D eigenvalue weighted by Crippen LogP contribution is 2.50. The zero-order valence-corrected chi connectivity index (χ0v) is 7.60. The van der Waals surface area contributed by atoms with Gasteiger partial charge in [0.25, 0.3) is 0 Å². The Bertz CT molecular complexity index is 338. The van der Waals surface area contributed by atoms with E-state index in [1.54, 1.807) is 13.2 Å². The van der Waals surface area contributed by atoms with Crippen molar-refractivity contribution in [3.8, 4) is 0 Å². The molecule has 0 aromatic carbocycles. The van der Waals surface area contributed by atoms with Crippen molar-refractivity contribution >= 4 is 5.95 Å². The van der Waals surface area contributed by atoms with E-state index in [-0.39, 0.29) is 18.8 Å². The summed E-state index contributed by atoms with van der Waals surface area (Å²) in [5, 5.41) is 2.44. The number of hydrogen-bond acceptors (Lipinski definition) is 2. The minimum Gasteiger partial charge on any atom is -0.341 e. The molecule has 0 radical (unpaired) electrons. The van der Waals surface area contributed by atoms with Crippen LogP contribution in [0.15, 0.2) is 12.4 Å². The molecule has 1 aromatic heterocycles. The first-order valence-corrected chi connectivity index (χ1v) is 4.27. The van der Waals surface area contributed by atoms with Gasteiger partial charge in [-0.15, -0.1) is 0 Å². The van der Waals surface area contributed by atoms with Crippen LogP contribution in [0, 0.1) is 0 Å². The van der Waals surface area contributed by atoms with Gasteiger partial charge in [-0.1, -0.05) is 0 Å². The van der Waals surface area contributed by atoms with Gasteiger partial charge in [-0.2, -0.15) is 13.2 Å². The largest absolute Gasteiger partial charge is 0.411 e. The SMILES string of the molecule is Cn1ccnc1NC1(C(F)(F)F)CC1. The smallest absolute Gasteiger partial charge is 0.341 e. The molecule has 1 aliphatic rings. The molecule has 1 aromatic rings. The molecule has 1 fully saturated rings. The van der Waals surface area contributed by atoms with Crippen molar-refractivity contribution in [3.05, 3.63) is 12.4 Å². The van der Waals surface area contributed by atoms with Crippen LogP contribution in [0.5, 0.6) is 0 Å². The highest BCUT2D eigenvalue weighted by atomic mass is 19.4. The lowest BCUT2D eigenvalue weighted by Gasteiger charge is -2.21.